The summed E-state index contributed by atoms with van der Waals surface area (Å²) in [7, 11) is 0. The molecule has 0 spiro atoms. The molecular formula is C15H22BrNO. The molecule has 0 radical (unpaired) electrons. The van der Waals surface area contributed by atoms with Gasteiger partial charge in [0, 0.05) is 11.9 Å². The lowest BCUT2D eigenvalue weighted by molar-refractivity contribution is -0.120. The van der Waals surface area contributed by atoms with Crippen LogP contribution in [0.4, 0.5) is 0 Å². The van der Waals surface area contributed by atoms with Crippen LogP contribution in [0.1, 0.15) is 30.9 Å². The Morgan fingerprint density at radius 3 is 2.56 bits per heavy atom. The number of aryl methyl sites for hydroxylation is 1. The van der Waals surface area contributed by atoms with Crippen molar-refractivity contribution in [2.45, 2.75) is 33.1 Å². The van der Waals surface area contributed by atoms with E-state index in [1.807, 2.05) is 24.3 Å². The van der Waals surface area contributed by atoms with Crippen LogP contribution >= 0.6 is 15.9 Å². The fourth-order valence-electron chi connectivity index (χ4n) is 1.82. The van der Waals surface area contributed by atoms with Gasteiger partial charge >= 0.3 is 0 Å². The monoisotopic (exact) mass is 311 g/mol. The quantitative estimate of drug-likeness (QED) is 0.768. The van der Waals surface area contributed by atoms with Crippen molar-refractivity contribution < 1.29 is 4.79 Å². The fraction of sp³-hybridized carbons (Fsp3) is 0.533. The number of rotatable bonds is 7. The van der Waals surface area contributed by atoms with Gasteiger partial charge in [-0.15, -0.1) is 0 Å². The molecule has 1 rings (SSSR count). The number of benzene rings is 1. The van der Waals surface area contributed by atoms with E-state index in [0.29, 0.717) is 12.3 Å². The number of amides is 1. The van der Waals surface area contributed by atoms with Gasteiger partial charge in [-0.2, -0.15) is 0 Å². The molecule has 18 heavy (non-hydrogen) atoms. The van der Waals surface area contributed by atoms with Crippen molar-refractivity contribution >= 4 is 21.8 Å². The number of hydrogen-bond donors (Lipinski definition) is 1. The van der Waals surface area contributed by atoms with Crippen LogP contribution in [-0.2, 0) is 11.2 Å². The van der Waals surface area contributed by atoms with Crippen LogP contribution in [0.5, 0.6) is 0 Å². The molecule has 0 aliphatic carbocycles. The normalized spacial score (nSPS) is 12.2. The second-order valence-corrected chi connectivity index (χ2v) is 5.51. The molecule has 0 saturated heterocycles. The first-order valence-electron chi connectivity index (χ1n) is 6.54. The average Bonchev–Trinajstić information content (AvgIpc) is 2.37. The van der Waals surface area contributed by atoms with Gasteiger partial charge in [-0.1, -0.05) is 59.1 Å². The summed E-state index contributed by atoms with van der Waals surface area (Å²) in [4.78, 5) is 11.8. The predicted octanol–water partition coefficient (Wildman–Crippen LogP) is 3.46. The van der Waals surface area contributed by atoms with Crippen molar-refractivity contribution in [1.29, 1.82) is 0 Å². The summed E-state index contributed by atoms with van der Waals surface area (Å²) in [5.41, 5.74) is 2.30. The fourth-order valence-corrected chi connectivity index (χ4v) is 2.46. The molecule has 0 fully saturated rings. The highest BCUT2D eigenvalue weighted by molar-refractivity contribution is 9.09. The first-order chi connectivity index (χ1) is 8.65. The van der Waals surface area contributed by atoms with Crippen LogP contribution in [0.2, 0.25) is 0 Å². The Morgan fingerprint density at radius 2 is 2.00 bits per heavy atom. The van der Waals surface area contributed by atoms with E-state index in [4.69, 9.17) is 0 Å². The van der Waals surface area contributed by atoms with E-state index < -0.39 is 0 Å². The number of carbonyl (C=O) groups is 1. The largest absolute Gasteiger partial charge is 0.356 e. The van der Waals surface area contributed by atoms with E-state index >= 15 is 0 Å². The average molecular weight is 312 g/mol. The maximum Gasteiger partial charge on any atom is 0.224 e. The maximum atomic E-state index is 11.8. The van der Waals surface area contributed by atoms with E-state index in [1.165, 1.54) is 5.56 Å². The topological polar surface area (TPSA) is 29.1 Å². The molecule has 1 N–H and O–H groups in total. The first kappa shape index (κ1) is 15.2. The van der Waals surface area contributed by atoms with Crippen molar-refractivity contribution in [3.63, 3.8) is 0 Å². The minimum atomic E-state index is 0.117. The van der Waals surface area contributed by atoms with Crippen molar-refractivity contribution in [1.82, 2.24) is 5.32 Å². The Balaban J connectivity index is 2.35. The Labute approximate surface area is 118 Å². The molecule has 1 atom stereocenters. The maximum absolute atomic E-state index is 11.8. The highest BCUT2D eigenvalue weighted by Crippen LogP contribution is 2.09. The first-order valence-corrected chi connectivity index (χ1v) is 7.66. The zero-order valence-corrected chi connectivity index (χ0v) is 12.8. The second kappa shape index (κ2) is 8.30. The molecule has 2 nitrogen and oxygen atoms in total. The Bertz CT molecular complexity index is 361. The number of alkyl halides is 1. The van der Waals surface area contributed by atoms with Gasteiger partial charge in [-0.3, -0.25) is 4.79 Å². The highest BCUT2D eigenvalue weighted by atomic mass is 79.9. The zero-order valence-electron chi connectivity index (χ0n) is 11.2. The van der Waals surface area contributed by atoms with Crippen LogP contribution in [0, 0.1) is 12.8 Å². The predicted molar refractivity (Wildman–Crippen MR) is 80.1 cm³/mol. The van der Waals surface area contributed by atoms with Gasteiger partial charge < -0.3 is 5.32 Å². The summed E-state index contributed by atoms with van der Waals surface area (Å²) in [6, 6.07) is 8.12. The molecule has 0 bridgehead atoms. The van der Waals surface area contributed by atoms with Gasteiger partial charge in [0.25, 0.3) is 0 Å². The lowest BCUT2D eigenvalue weighted by atomic mass is 10.0. The third-order valence-electron chi connectivity index (χ3n) is 3.17. The van der Waals surface area contributed by atoms with Crippen molar-refractivity contribution in [2.24, 2.45) is 5.92 Å². The van der Waals surface area contributed by atoms with E-state index in [2.05, 4.69) is 35.1 Å². The number of carbonyl (C=O) groups excluding carboxylic acids is 1. The van der Waals surface area contributed by atoms with E-state index in [1.54, 1.807) is 0 Å². The lowest BCUT2D eigenvalue weighted by Crippen LogP contribution is -2.30. The molecule has 0 aromatic heterocycles. The molecule has 1 aromatic rings. The van der Waals surface area contributed by atoms with E-state index in [9.17, 15) is 4.79 Å². The number of hydrogen-bond acceptors (Lipinski definition) is 1. The summed E-state index contributed by atoms with van der Waals surface area (Å²) in [6.45, 7) is 5.00. The molecule has 0 aliphatic heterocycles. The minimum absolute atomic E-state index is 0.117. The smallest absolute Gasteiger partial charge is 0.224 e. The van der Waals surface area contributed by atoms with Gasteiger partial charge in [-0.05, 0) is 24.8 Å². The molecule has 100 valence electrons. The van der Waals surface area contributed by atoms with Crippen molar-refractivity contribution in [2.75, 3.05) is 11.9 Å². The molecule has 0 aliphatic rings. The van der Waals surface area contributed by atoms with Crippen molar-refractivity contribution in [3.8, 4) is 0 Å². The third-order valence-corrected chi connectivity index (χ3v) is 3.63. The van der Waals surface area contributed by atoms with Crippen LogP contribution in [-0.4, -0.2) is 17.8 Å². The van der Waals surface area contributed by atoms with Crippen LogP contribution in [0.15, 0.2) is 24.3 Å². The number of nitrogens with one attached hydrogen (secondary N) is 1. The number of halogens is 1. The summed E-state index contributed by atoms with van der Waals surface area (Å²) >= 11 is 3.45. The van der Waals surface area contributed by atoms with Crippen LogP contribution < -0.4 is 5.32 Å². The van der Waals surface area contributed by atoms with Crippen LogP contribution in [0.25, 0.3) is 0 Å². The van der Waals surface area contributed by atoms with Crippen LogP contribution in [0.3, 0.4) is 0 Å². The highest BCUT2D eigenvalue weighted by Gasteiger charge is 2.08. The molecular weight excluding hydrogens is 290 g/mol. The Morgan fingerprint density at radius 1 is 1.33 bits per heavy atom. The van der Waals surface area contributed by atoms with Gasteiger partial charge in [-0.25, -0.2) is 0 Å². The molecule has 1 aromatic carbocycles. The Kier molecular flexibility index (Phi) is 7.02. The zero-order chi connectivity index (χ0) is 13.4. The minimum Gasteiger partial charge on any atom is -0.356 e. The summed E-state index contributed by atoms with van der Waals surface area (Å²) in [5, 5.41) is 4.02. The van der Waals surface area contributed by atoms with Gasteiger partial charge in [0.05, 0.1) is 6.42 Å². The molecule has 0 heterocycles. The van der Waals surface area contributed by atoms with Gasteiger partial charge in [0.1, 0.15) is 0 Å². The molecule has 0 saturated carbocycles. The summed E-state index contributed by atoms with van der Waals surface area (Å²) in [5.74, 6) is 0.693. The summed E-state index contributed by atoms with van der Waals surface area (Å²) in [6.07, 6.45) is 2.70. The molecule has 3 heteroatoms. The SMILES string of the molecule is CCC(CCBr)CNC(=O)Cc1ccc(C)cc1. The second-order valence-electron chi connectivity index (χ2n) is 4.72. The standard InChI is InChI=1S/C15H22BrNO/c1-3-13(8-9-16)11-17-15(18)10-14-6-4-12(2)5-7-14/h4-7,13H,3,8-11H2,1-2H3,(H,17,18). The Hall–Kier alpha value is -0.830. The molecule has 1 amide bonds. The van der Waals surface area contributed by atoms with E-state index in [-0.39, 0.29) is 5.91 Å². The van der Waals surface area contributed by atoms with Crippen molar-refractivity contribution in [3.05, 3.63) is 35.4 Å². The summed E-state index contributed by atoms with van der Waals surface area (Å²) < 4.78 is 0. The third kappa shape index (κ3) is 5.67. The lowest BCUT2D eigenvalue weighted by Gasteiger charge is -2.14. The van der Waals surface area contributed by atoms with E-state index in [0.717, 1.165) is 30.3 Å². The van der Waals surface area contributed by atoms with Gasteiger partial charge in [0.15, 0.2) is 0 Å². The van der Waals surface area contributed by atoms with Gasteiger partial charge in [0.2, 0.25) is 5.91 Å². The molecule has 1 unspecified atom stereocenters.